The molecule has 0 bridgehead atoms. The molecule has 0 radical (unpaired) electrons. The van der Waals surface area contributed by atoms with Gasteiger partial charge in [-0.25, -0.2) is 0 Å². The summed E-state index contributed by atoms with van der Waals surface area (Å²) in [4.78, 5) is 19.1. The molecular formula is C16H20N2O3. The van der Waals surface area contributed by atoms with Crippen LogP contribution in [0.2, 0.25) is 0 Å². The monoisotopic (exact) mass is 288 g/mol. The van der Waals surface area contributed by atoms with Gasteiger partial charge in [-0.2, -0.15) is 4.98 Å². The maximum atomic E-state index is 12.3. The van der Waals surface area contributed by atoms with Crippen LogP contribution >= 0.6 is 0 Å². The summed E-state index contributed by atoms with van der Waals surface area (Å²) in [5.41, 5.74) is 1.55. The van der Waals surface area contributed by atoms with Gasteiger partial charge in [0, 0.05) is 6.61 Å². The lowest BCUT2D eigenvalue weighted by molar-refractivity contribution is 0.0529. The lowest BCUT2D eigenvalue weighted by atomic mass is 10.1. The normalized spacial score (nSPS) is 12.3. The van der Waals surface area contributed by atoms with E-state index in [0.717, 1.165) is 5.56 Å². The number of hydrogen-bond acceptors (Lipinski definition) is 4. The number of nitrogens with zero attached hydrogens (tertiary/aromatic N) is 1. The Hall–Kier alpha value is -2.14. The minimum Gasteiger partial charge on any atom is -0.493 e. The smallest absolute Gasteiger partial charge is 0.262 e. The van der Waals surface area contributed by atoms with Crippen molar-refractivity contribution in [1.82, 2.24) is 9.97 Å². The van der Waals surface area contributed by atoms with Crippen LogP contribution in [0.5, 0.6) is 5.88 Å². The first kappa shape index (κ1) is 15.3. The number of aromatic amines is 1. The Labute approximate surface area is 123 Å². The summed E-state index contributed by atoms with van der Waals surface area (Å²) in [5, 5.41) is 10.1. The number of aromatic nitrogens is 2. The van der Waals surface area contributed by atoms with E-state index in [1.54, 1.807) is 12.1 Å². The van der Waals surface area contributed by atoms with Crippen LogP contribution in [-0.2, 0) is 4.74 Å². The van der Waals surface area contributed by atoms with Gasteiger partial charge in [-0.1, -0.05) is 36.8 Å². The molecule has 0 spiro atoms. The fourth-order valence-electron chi connectivity index (χ4n) is 2.20. The average Bonchev–Trinajstić information content (AvgIpc) is 2.46. The van der Waals surface area contributed by atoms with E-state index in [1.807, 2.05) is 32.9 Å². The molecule has 0 aliphatic carbocycles. The number of ether oxygens (including phenoxy) is 1. The fraction of sp³-hybridized carbons (Fsp3) is 0.375. The summed E-state index contributed by atoms with van der Waals surface area (Å²) in [7, 11) is 0. The van der Waals surface area contributed by atoms with Gasteiger partial charge >= 0.3 is 0 Å². The number of rotatable bonds is 5. The molecule has 2 N–H and O–H groups in total. The van der Waals surface area contributed by atoms with Crippen LogP contribution in [0.3, 0.4) is 0 Å². The molecule has 1 heterocycles. The van der Waals surface area contributed by atoms with Crippen LogP contribution < -0.4 is 5.56 Å². The quantitative estimate of drug-likeness (QED) is 0.887. The topological polar surface area (TPSA) is 75.2 Å². The summed E-state index contributed by atoms with van der Waals surface area (Å²) < 4.78 is 5.50. The van der Waals surface area contributed by atoms with Gasteiger partial charge in [0.15, 0.2) is 0 Å². The number of nitrogens with one attached hydrogen (secondary N) is 1. The third-order valence-electron chi connectivity index (χ3n) is 3.30. The summed E-state index contributed by atoms with van der Waals surface area (Å²) >= 11 is 0. The summed E-state index contributed by atoms with van der Waals surface area (Å²) in [5.74, 6) is 0.0912. The zero-order chi connectivity index (χ0) is 15.4. The highest BCUT2D eigenvalue weighted by atomic mass is 16.5. The molecule has 1 aromatic carbocycles. The molecule has 0 saturated heterocycles. The lowest BCUT2D eigenvalue weighted by Gasteiger charge is -2.15. The van der Waals surface area contributed by atoms with Crippen LogP contribution in [0, 0.1) is 6.92 Å². The van der Waals surface area contributed by atoms with Crippen molar-refractivity contribution in [2.24, 2.45) is 0 Å². The molecule has 0 aliphatic rings. The molecule has 2 rings (SSSR count). The molecule has 0 saturated carbocycles. The van der Waals surface area contributed by atoms with Gasteiger partial charge in [0.25, 0.3) is 5.56 Å². The number of aryl methyl sites for hydroxylation is 1. The van der Waals surface area contributed by atoms with Gasteiger partial charge < -0.3 is 14.8 Å². The van der Waals surface area contributed by atoms with Crippen LogP contribution in [0.4, 0.5) is 0 Å². The molecular weight excluding hydrogens is 268 g/mol. The highest BCUT2D eigenvalue weighted by molar-refractivity contribution is 5.67. The van der Waals surface area contributed by atoms with Crippen molar-refractivity contribution in [3.05, 3.63) is 46.0 Å². The largest absolute Gasteiger partial charge is 0.493 e. The molecule has 1 unspecified atom stereocenters. The summed E-state index contributed by atoms with van der Waals surface area (Å²) in [6.45, 7) is 6.29. The van der Waals surface area contributed by atoms with Crippen molar-refractivity contribution >= 4 is 0 Å². The highest BCUT2D eigenvalue weighted by Crippen LogP contribution is 2.26. The molecule has 1 atom stereocenters. The fourth-order valence-corrected chi connectivity index (χ4v) is 2.20. The number of H-pyrrole nitrogens is 1. The number of hydrogen-bond donors (Lipinski definition) is 2. The Morgan fingerprint density at radius 2 is 1.95 bits per heavy atom. The summed E-state index contributed by atoms with van der Waals surface area (Å²) in [6, 6.07) is 7.36. The second-order valence-electron chi connectivity index (χ2n) is 4.87. The molecule has 5 nitrogen and oxygen atoms in total. The molecule has 21 heavy (non-hydrogen) atoms. The zero-order valence-electron chi connectivity index (χ0n) is 12.5. The zero-order valence-corrected chi connectivity index (χ0v) is 12.5. The van der Waals surface area contributed by atoms with Crippen LogP contribution in [0.15, 0.2) is 29.1 Å². The van der Waals surface area contributed by atoms with Crippen LogP contribution in [0.25, 0.3) is 11.1 Å². The number of aromatic hydroxyl groups is 1. The number of benzene rings is 1. The van der Waals surface area contributed by atoms with Crippen molar-refractivity contribution in [2.45, 2.75) is 33.3 Å². The Bertz CT molecular complexity index is 662. The predicted octanol–water partition coefficient (Wildman–Crippen LogP) is 2.94. The SMILES string of the molecule is CCOC(CC)c1nc(O)c(-c2ccc(C)cc2)c(=O)[nH]1. The second kappa shape index (κ2) is 6.54. The van der Waals surface area contributed by atoms with E-state index in [4.69, 9.17) is 4.74 Å². The van der Waals surface area contributed by atoms with Crippen molar-refractivity contribution in [3.8, 4) is 17.0 Å². The van der Waals surface area contributed by atoms with Gasteiger partial charge in [-0.15, -0.1) is 0 Å². The maximum absolute atomic E-state index is 12.3. The van der Waals surface area contributed by atoms with Crippen molar-refractivity contribution in [3.63, 3.8) is 0 Å². The molecule has 0 aliphatic heterocycles. The van der Waals surface area contributed by atoms with Crippen molar-refractivity contribution < 1.29 is 9.84 Å². The first-order valence-corrected chi connectivity index (χ1v) is 7.08. The van der Waals surface area contributed by atoms with Crippen molar-refractivity contribution in [2.75, 3.05) is 6.61 Å². The van der Waals surface area contributed by atoms with Crippen molar-refractivity contribution in [1.29, 1.82) is 0 Å². The van der Waals surface area contributed by atoms with Gasteiger partial charge in [-0.3, -0.25) is 4.79 Å². The van der Waals surface area contributed by atoms with E-state index >= 15 is 0 Å². The third kappa shape index (κ3) is 3.31. The Balaban J connectivity index is 2.46. The van der Waals surface area contributed by atoms with E-state index in [2.05, 4.69) is 9.97 Å². The first-order chi connectivity index (χ1) is 10.1. The van der Waals surface area contributed by atoms with E-state index < -0.39 is 0 Å². The molecule has 5 heteroatoms. The van der Waals surface area contributed by atoms with E-state index in [1.165, 1.54) is 0 Å². The van der Waals surface area contributed by atoms with Gasteiger partial charge in [0.1, 0.15) is 17.5 Å². The average molecular weight is 288 g/mol. The minimum atomic E-state index is -0.362. The van der Waals surface area contributed by atoms with E-state index in [-0.39, 0.29) is 23.1 Å². The molecule has 1 aromatic heterocycles. The van der Waals surface area contributed by atoms with Gasteiger partial charge in [0.05, 0.1) is 0 Å². The standard InChI is InChI=1S/C16H20N2O3/c1-4-12(21-5-2)14-17-15(19)13(16(20)18-14)11-8-6-10(3)7-9-11/h6-9,12H,4-5H2,1-3H3,(H2,17,18,19,20). The first-order valence-electron chi connectivity index (χ1n) is 7.08. The molecule has 2 aromatic rings. The highest BCUT2D eigenvalue weighted by Gasteiger charge is 2.18. The summed E-state index contributed by atoms with van der Waals surface area (Å²) in [6.07, 6.45) is 0.348. The third-order valence-corrected chi connectivity index (χ3v) is 3.30. The molecule has 112 valence electrons. The molecule has 0 amide bonds. The van der Waals surface area contributed by atoms with Crippen LogP contribution in [0.1, 0.15) is 37.8 Å². The predicted molar refractivity (Wildman–Crippen MR) is 81.4 cm³/mol. The minimum absolute atomic E-state index is 0.185. The second-order valence-corrected chi connectivity index (χ2v) is 4.87. The Morgan fingerprint density at radius 3 is 2.48 bits per heavy atom. The molecule has 0 fully saturated rings. The van der Waals surface area contributed by atoms with Gasteiger partial charge in [0.2, 0.25) is 5.88 Å². The van der Waals surface area contributed by atoms with E-state index in [0.29, 0.717) is 24.4 Å². The van der Waals surface area contributed by atoms with Crippen LogP contribution in [-0.4, -0.2) is 21.7 Å². The Morgan fingerprint density at radius 1 is 1.29 bits per heavy atom. The lowest BCUT2D eigenvalue weighted by Crippen LogP contribution is -2.17. The van der Waals surface area contributed by atoms with E-state index in [9.17, 15) is 9.90 Å². The Kier molecular flexibility index (Phi) is 4.75. The maximum Gasteiger partial charge on any atom is 0.262 e. The van der Waals surface area contributed by atoms with Gasteiger partial charge in [-0.05, 0) is 25.8 Å².